The highest BCUT2D eigenvalue weighted by atomic mass is 35.5. The number of fused-ring (bicyclic) bond motifs is 1. The van der Waals surface area contributed by atoms with Crippen molar-refractivity contribution in [2.45, 2.75) is 71.0 Å². The van der Waals surface area contributed by atoms with Crippen LogP contribution in [0.5, 0.6) is 0 Å². The van der Waals surface area contributed by atoms with Crippen molar-refractivity contribution in [2.24, 2.45) is 5.92 Å². The molecule has 178 valence electrons. The van der Waals surface area contributed by atoms with E-state index in [-0.39, 0.29) is 23.1 Å². The van der Waals surface area contributed by atoms with Gasteiger partial charge in [-0.25, -0.2) is 19.2 Å². The summed E-state index contributed by atoms with van der Waals surface area (Å²) in [6, 6.07) is 4.63. The Labute approximate surface area is 200 Å². The van der Waals surface area contributed by atoms with Gasteiger partial charge < -0.3 is 15.5 Å². The number of rotatable bonds is 6. The number of nitrogens with one attached hydrogen (secondary N) is 2. The zero-order valence-electron chi connectivity index (χ0n) is 19.4. The fraction of sp³-hybridized carbons (Fsp3) is 0.560. The predicted octanol–water partition coefficient (Wildman–Crippen LogP) is 4.81. The van der Waals surface area contributed by atoms with Gasteiger partial charge in [0.15, 0.2) is 0 Å². The monoisotopic (exact) mass is 473 g/mol. The number of nitrogens with zero attached hydrogens (tertiary/aromatic N) is 3. The van der Waals surface area contributed by atoms with E-state index in [4.69, 9.17) is 16.6 Å². The van der Waals surface area contributed by atoms with Crippen molar-refractivity contribution in [3.63, 3.8) is 0 Å². The first-order valence-corrected chi connectivity index (χ1v) is 12.3. The van der Waals surface area contributed by atoms with Gasteiger partial charge in [0.05, 0.1) is 23.3 Å². The van der Waals surface area contributed by atoms with Crippen molar-refractivity contribution < 1.29 is 9.18 Å². The molecule has 2 N–H and O–H groups in total. The largest absolute Gasteiger partial charge is 0.331 e. The Balaban J connectivity index is 1.48. The van der Waals surface area contributed by atoms with Gasteiger partial charge in [-0.2, -0.15) is 0 Å². The van der Waals surface area contributed by atoms with Crippen LogP contribution in [-0.4, -0.2) is 40.0 Å². The van der Waals surface area contributed by atoms with Gasteiger partial charge in [-0.05, 0) is 61.4 Å². The van der Waals surface area contributed by atoms with Crippen LogP contribution in [-0.2, 0) is 19.4 Å². The number of benzene rings is 1. The molecule has 2 aromatic rings. The van der Waals surface area contributed by atoms with Gasteiger partial charge in [0.1, 0.15) is 11.6 Å². The molecule has 0 aliphatic carbocycles. The standard InChI is InChI=1S/C25H33ClFN5O/c1-16(2)11-24-29-14-18-8-10-32(15-23(18)30-24)25(33)31-22(13-19-5-3-4-9-28-19)17-6-7-20(26)21(27)12-17/h6-7,12,14,16,19,22,28H,3-5,8-11,13,15H2,1-2H3,(H,31,33)/t19-,22-/m1/s1. The molecule has 2 aliphatic rings. The summed E-state index contributed by atoms with van der Waals surface area (Å²) in [6.45, 7) is 6.32. The quantitative estimate of drug-likeness (QED) is 0.631. The van der Waals surface area contributed by atoms with E-state index in [1.807, 2.05) is 6.20 Å². The molecule has 0 radical (unpaired) electrons. The summed E-state index contributed by atoms with van der Waals surface area (Å²) in [7, 11) is 0. The first kappa shape index (κ1) is 23.9. The number of hydrogen-bond donors (Lipinski definition) is 2. The average molecular weight is 474 g/mol. The van der Waals surface area contributed by atoms with Gasteiger partial charge in [0.25, 0.3) is 0 Å². The Morgan fingerprint density at radius 3 is 2.94 bits per heavy atom. The second-order valence-corrected chi connectivity index (χ2v) is 9.99. The van der Waals surface area contributed by atoms with Gasteiger partial charge in [-0.15, -0.1) is 0 Å². The summed E-state index contributed by atoms with van der Waals surface area (Å²) in [5.74, 6) is 0.829. The Morgan fingerprint density at radius 1 is 1.36 bits per heavy atom. The number of halogens is 2. The molecule has 2 aliphatic heterocycles. The zero-order valence-corrected chi connectivity index (χ0v) is 20.2. The topological polar surface area (TPSA) is 70.2 Å². The lowest BCUT2D eigenvalue weighted by atomic mass is 9.94. The molecule has 1 aromatic carbocycles. The average Bonchev–Trinajstić information content (AvgIpc) is 2.80. The highest BCUT2D eigenvalue weighted by Crippen LogP contribution is 2.26. The number of urea groups is 1. The van der Waals surface area contributed by atoms with Crippen molar-refractivity contribution in [3.05, 3.63) is 57.9 Å². The van der Waals surface area contributed by atoms with Crippen LogP contribution in [0.15, 0.2) is 24.4 Å². The van der Waals surface area contributed by atoms with Crippen molar-refractivity contribution in [2.75, 3.05) is 13.1 Å². The third-order valence-electron chi connectivity index (χ3n) is 6.45. The van der Waals surface area contributed by atoms with Crippen LogP contribution in [0.1, 0.15) is 68.2 Å². The van der Waals surface area contributed by atoms with E-state index in [9.17, 15) is 9.18 Å². The maximum atomic E-state index is 14.2. The van der Waals surface area contributed by atoms with Gasteiger partial charge >= 0.3 is 6.03 Å². The van der Waals surface area contributed by atoms with Crippen molar-refractivity contribution >= 4 is 17.6 Å². The van der Waals surface area contributed by atoms with Crippen LogP contribution >= 0.6 is 11.6 Å². The van der Waals surface area contributed by atoms with E-state index < -0.39 is 5.82 Å². The second kappa shape index (κ2) is 10.8. The first-order valence-electron chi connectivity index (χ1n) is 12.0. The van der Waals surface area contributed by atoms with Crippen molar-refractivity contribution in [1.29, 1.82) is 0 Å². The SMILES string of the molecule is CC(C)Cc1ncc2c(n1)CN(C(=O)N[C@H](C[C@H]1CCCCN1)c1ccc(Cl)c(F)c1)CC2. The minimum atomic E-state index is -0.466. The Morgan fingerprint density at radius 2 is 2.21 bits per heavy atom. The molecule has 2 atom stereocenters. The number of amides is 2. The van der Waals surface area contributed by atoms with Crippen molar-refractivity contribution in [1.82, 2.24) is 25.5 Å². The summed E-state index contributed by atoms with van der Waals surface area (Å²) < 4.78 is 14.2. The Hall–Kier alpha value is -2.25. The molecule has 4 rings (SSSR count). The number of hydrogen-bond acceptors (Lipinski definition) is 4. The number of carbonyl (C=O) groups excluding carboxylic acids is 1. The Bertz CT molecular complexity index is 979. The highest BCUT2D eigenvalue weighted by Gasteiger charge is 2.27. The van der Waals surface area contributed by atoms with Crippen molar-refractivity contribution in [3.8, 4) is 0 Å². The van der Waals surface area contributed by atoms with E-state index in [1.54, 1.807) is 17.0 Å². The third-order valence-corrected chi connectivity index (χ3v) is 6.76. The predicted molar refractivity (Wildman–Crippen MR) is 128 cm³/mol. The summed E-state index contributed by atoms with van der Waals surface area (Å²) in [6.07, 6.45) is 7.54. The summed E-state index contributed by atoms with van der Waals surface area (Å²) in [4.78, 5) is 24.3. The molecule has 8 heteroatoms. The lowest BCUT2D eigenvalue weighted by molar-refractivity contribution is 0.184. The molecular weight excluding hydrogens is 441 g/mol. The molecule has 3 heterocycles. The maximum absolute atomic E-state index is 14.2. The zero-order chi connectivity index (χ0) is 23.4. The van der Waals surface area contributed by atoms with E-state index in [0.29, 0.717) is 25.4 Å². The van der Waals surface area contributed by atoms with E-state index in [1.165, 1.54) is 6.07 Å². The maximum Gasteiger partial charge on any atom is 0.318 e. The van der Waals surface area contributed by atoms with Gasteiger partial charge in [-0.1, -0.05) is 37.9 Å². The molecule has 1 fully saturated rings. The molecule has 2 amide bonds. The molecule has 0 unspecified atom stereocenters. The van der Waals surface area contributed by atoms with Gasteiger partial charge in [0, 0.05) is 25.2 Å². The number of piperidine rings is 1. The fourth-order valence-electron chi connectivity index (χ4n) is 4.64. The molecule has 33 heavy (non-hydrogen) atoms. The number of aromatic nitrogens is 2. The van der Waals surface area contributed by atoms with Gasteiger partial charge in [-0.3, -0.25) is 0 Å². The molecule has 1 saturated heterocycles. The molecular formula is C25H33ClFN5O. The first-order chi connectivity index (χ1) is 15.9. The minimum Gasteiger partial charge on any atom is -0.331 e. The smallest absolute Gasteiger partial charge is 0.318 e. The van der Waals surface area contributed by atoms with Crippen LogP contribution in [0, 0.1) is 11.7 Å². The molecule has 0 saturated carbocycles. The molecule has 0 bridgehead atoms. The highest BCUT2D eigenvalue weighted by molar-refractivity contribution is 6.30. The van der Waals surface area contributed by atoms with Gasteiger partial charge in [0.2, 0.25) is 0 Å². The van der Waals surface area contributed by atoms with Crippen LogP contribution in [0.4, 0.5) is 9.18 Å². The molecule has 0 spiro atoms. The third kappa shape index (κ3) is 6.21. The minimum absolute atomic E-state index is 0.0872. The van der Waals surface area contributed by atoms with E-state index in [2.05, 4.69) is 29.5 Å². The fourth-order valence-corrected chi connectivity index (χ4v) is 4.76. The van der Waals surface area contributed by atoms with Crippen LogP contribution in [0.25, 0.3) is 0 Å². The van der Waals surface area contributed by atoms with Crippen LogP contribution in [0.2, 0.25) is 5.02 Å². The normalized spacial score (nSPS) is 19.3. The Kier molecular flexibility index (Phi) is 7.81. The molecule has 6 nitrogen and oxygen atoms in total. The van der Waals surface area contributed by atoms with E-state index >= 15 is 0 Å². The summed E-state index contributed by atoms with van der Waals surface area (Å²) in [5, 5.41) is 6.79. The second-order valence-electron chi connectivity index (χ2n) is 9.59. The lowest BCUT2D eigenvalue weighted by Gasteiger charge is -2.32. The van der Waals surface area contributed by atoms with E-state index in [0.717, 1.165) is 61.3 Å². The lowest BCUT2D eigenvalue weighted by Crippen LogP contribution is -2.46. The summed E-state index contributed by atoms with van der Waals surface area (Å²) in [5.41, 5.74) is 2.76. The number of carbonyl (C=O) groups is 1. The van der Waals surface area contributed by atoms with Crippen LogP contribution in [0.3, 0.4) is 0 Å². The molecule has 1 aromatic heterocycles. The van der Waals surface area contributed by atoms with Crippen LogP contribution < -0.4 is 10.6 Å². The summed E-state index contributed by atoms with van der Waals surface area (Å²) >= 11 is 5.90.